The third kappa shape index (κ3) is 2.27. The lowest BCUT2D eigenvalue weighted by atomic mass is 10.1. The zero-order valence-corrected chi connectivity index (χ0v) is 10.4. The van der Waals surface area contributed by atoms with Crippen molar-refractivity contribution in [2.75, 3.05) is 13.2 Å². The number of rotatable bonds is 5. The lowest BCUT2D eigenvalue weighted by Gasteiger charge is -2.12. The molecule has 1 amide bonds. The molecule has 0 saturated heterocycles. The number of hydrogen-bond donors (Lipinski definition) is 2. The van der Waals surface area contributed by atoms with Crippen molar-refractivity contribution < 1.29 is 9.90 Å². The first-order valence-corrected chi connectivity index (χ1v) is 6.68. The predicted octanol–water partition coefficient (Wildman–Crippen LogP) is 1.68. The van der Waals surface area contributed by atoms with Gasteiger partial charge in [-0.3, -0.25) is 4.79 Å². The maximum Gasteiger partial charge on any atom is 0.223 e. The van der Waals surface area contributed by atoms with E-state index in [0.29, 0.717) is 12.5 Å². The van der Waals surface area contributed by atoms with Gasteiger partial charge in [0.15, 0.2) is 0 Å². The maximum atomic E-state index is 12.0. The molecule has 3 rings (SSSR count). The SMILES string of the molecule is O=C(NCC1(CO)CC1)C1CC1c1ccccc1. The van der Waals surface area contributed by atoms with Crippen molar-refractivity contribution in [3.8, 4) is 0 Å². The summed E-state index contributed by atoms with van der Waals surface area (Å²) in [5.41, 5.74) is 1.27. The molecule has 3 heteroatoms. The van der Waals surface area contributed by atoms with Crippen LogP contribution in [0.1, 0.15) is 30.7 Å². The van der Waals surface area contributed by atoms with Crippen LogP contribution < -0.4 is 5.32 Å². The molecule has 2 aliphatic carbocycles. The molecular weight excluding hydrogens is 226 g/mol. The van der Waals surface area contributed by atoms with Gasteiger partial charge < -0.3 is 10.4 Å². The van der Waals surface area contributed by atoms with Crippen LogP contribution in [0.4, 0.5) is 0 Å². The smallest absolute Gasteiger partial charge is 0.223 e. The summed E-state index contributed by atoms with van der Waals surface area (Å²) in [6.07, 6.45) is 3.04. The van der Waals surface area contributed by atoms with Crippen LogP contribution >= 0.6 is 0 Å². The summed E-state index contributed by atoms with van der Waals surface area (Å²) in [4.78, 5) is 12.0. The second-order valence-electron chi connectivity index (χ2n) is 5.74. The Morgan fingerprint density at radius 2 is 2.06 bits per heavy atom. The molecule has 2 unspecified atom stereocenters. The molecule has 96 valence electrons. The summed E-state index contributed by atoms with van der Waals surface area (Å²) in [6, 6.07) is 10.2. The fourth-order valence-corrected chi connectivity index (χ4v) is 2.53. The molecule has 2 aliphatic rings. The first-order valence-electron chi connectivity index (χ1n) is 6.68. The van der Waals surface area contributed by atoms with E-state index in [0.717, 1.165) is 19.3 Å². The molecule has 2 N–H and O–H groups in total. The molecule has 2 fully saturated rings. The molecular formula is C15H19NO2. The Labute approximate surface area is 107 Å². The number of nitrogens with one attached hydrogen (secondary N) is 1. The third-order valence-corrected chi connectivity index (χ3v) is 4.29. The second-order valence-corrected chi connectivity index (χ2v) is 5.74. The van der Waals surface area contributed by atoms with Gasteiger partial charge in [-0.25, -0.2) is 0 Å². The van der Waals surface area contributed by atoms with E-state index in [-0.39, 0.29) is 23.8 Å². The van der Waals surface area contributed by atoms with Crippen LogP contribution in [0.15, 0.2) is 30.3 Å². The molecule has 0 aliphatic heterocycles. The minimum atomic E-state index is 0.00674. The normalized spacial score (nSPS) is 27.6. The molecule has 18 heavy (non-hydrogen) atoms. The number of hydrogen-bond acceptors (Lipinski definition) is 2. The van der Waals surface area contributed by atoms with Crippen molar-refractivity contribution in [2.24, 2.45) is 11.3 Å². The number of amides is 1. The number of carbonyl (C=O) groups is 1. The summed E-state index contributed by atoms with van der Waals surface area (Å²) < 4.78 is 0. The van der Waals surface area contributed by atoms with Gasteiger partial charge in [0.25, 0.3) is 0 Å². The van der Waals surface area contributed by atoms with Crippen molar-refractivity contribution in [1.29, 1.82) is 0 Å². The second kappa shape index (κ2) is 4.39. The molecule has 0 bridgehead atoms. The van der Waals surface area contributed by atoms with Crippen LogP contribution in [0, 0.1) is 11.3 Å². The van der Waals surface area contributed by atoms with E-state index in [1.165, 1.54) is 5.56 Å². The minimum Gasteiger partial charge on any atom is -0.396 e. The molecule has 0 aromatic heterocycles. The fraction of sp³-hybridized carbons (Fsp3) is 0.533. The standard InChI is InChI=1S/C15H19NO2/c17-10-15(6-7-15)9-16-14(18)13-8-12(13)11-4-2-1-3-5-11/h1-5,12-13,17H,6-10H2,(H,16,18). The number of benzene rings is 1. The Balaban J connectivity index is 1.51. The topological polar surface area (TPSA) is 49.3 Å². The van der Waals surface area contributed by atoms with E-state index >= 15 is 0 Å². The van der Waals surface area contributed by atoms with Gasteiger partial charge >= 0.3 is 0 Å². The van der Waals surface area contributed by atoms with Crippen molar-refractivity contribution in [3.63, 3.8) is 0 Å². The molecule has 0 spiro atoms. The molecule has 1 aromatic rings. The number of aliphatic hydroxyl groups excluding tert-OH is 1. The summed E-state index contributed by atoms with van der Waals surface area (Å²) in [7, 11) is 0. The maximum absolute atomic E-state index is 12.0. The van der Waals surface area contributed by atoms with Crippen molar-refractivity contribution in [3.05, 3.63) is 35.9 Å². The first kappa shape index (κ1) is 11.7. The Morgan fingerprint density at radius 1 is 1.33 bits per heavy atom. The zero-order chi connectivity index (χ0) is 12.6. The van der Waals surface area contributed by atoms with E-state index < -0.39 is 0 Å². The molecule has 3 nitrogen and oxygen atoms in total. The van der Waals surface area contributed by atoms with Crippen LogP contribution in [0.25, 0.3) is 0 Å². The Morgan fingerprint density at radius 3 is 2.67 bits per heavy atom. The highest BCUT2D eigenvalue weighted by Gasteiger charge is 2.46. The van der Waals surface area contributed by atoms with Crippen LogP contribution in [0.5, 0.6) is 0 Å². The van der Waals surface area contributed by atoms with Gasteiger partial charge in [-0.2, -0.15) is 0 Å². The van der Waals surface area contributed by atoms with E-state index in [2.05, 4.69) is 17.4 Å². The summed E-state index contributed by atoms with van der Waals surface area (Å²) in [5, 5.41) is 12.2. The lowest BCUT2D eigenvalue weighted by Crippen LogP contribution is -2.33. The minimum absolute atomic E-state index is 0.00674. The van der Waals surface area contributed by atoms with Crippen molar-refractivity contribution in [2.45, 2.75) is 25.2 Å². The van der Waals surface area contributed by atoms with Gasteiger partial charge in [-0.1, -0.05) is 30.3 Å². The zero-order valence-electron chi connectivity index (χ0n) is 10.4. The average Bonchev–Trinajstić information content (AvgIpc) is 3.31. The van der Waals surface area contributed by atoms with Crippen LogP contribution in [-0.2, 0) is 4.79 Å². The van der Waals surface area contributed by atoms with Crippen molar-refractivity contribution >= 4 is 5.91 Å². The Bertz CT molecular complexity index is 439. The third-order valence-electron chi connectivity index (χ3n) is 4.29. The molecule has 2 atom stereocenters. The summed E-state index contributed by atoms with van der Waals surface area (Å²) in [6.45, 7) is 0.834. The molecule has 1 aromatic carbocycles. The molecule has 2 saturated carbocycles. The van der Waals surface area contributed by atoms with Gasteiger partial charge in [0.2, 0.25) is 5.91 Å². The Hall–Kier alpha value is -1.35. The van der Waals surface area contributed by atoms with E-state index in [4.69, 9.17) is 0 Å². The molecule has 0 heterocycles. The highest BCUT2D eigenvalue weighted by Crippen LogP contribution is 2.48. The average molecular weight is 245 g/mol. The van der Waals surface area contributed by atoms with E-state index in [1.807, 2.05) is 18.2 Å². The number of aliphatic hydroxyl groups is 1. The predicted molar refractivity (Wildman–Crippen MR) is 69.1 cm³/mol. The summed E-state index contributed by atoms with van der Waals surface area (Å²) in [5.74, 6) is 0.695. The highest BCUT2D eigenvalue weighted by atomic mass is 16.3. The lowest BCUT2D eigenvalue weighted by molar-refractivity contribution is -0.122. The van der Waals surface area contributed by atoms with Crippen LogP contribution in [0.3, 0.4) is 0 Å². The van der Waals surface area contributed by atoms with E-state index in [9.17, 15) is 9.90 Å². The number of carbonyl (C=O) groups excluding carboxylic acids is 1. The Kier molecular flexibility index (Phi) is 2.86. The largest absolute Gasteiger partial charge is 0.396 e. The van der Waals surface area contributed by atoms with Crippen LogP contribution in [0.2, 0.25) is 0 Å². The first-order chi connectivity index (χ1) is 8.74. The molecule has 0 radical (unpaired) electrons. The van der Waals surface area contributed by atoms with Gasteiger partial charge in [-0.15, -0.1) is 0 Å². The van der Waals surface area contributed by atoms with Crippen LogP contribution in [-0.4, -0.2) is 24.2 Å². The fourth-order valence-electron chi connectivity index (χ4n) is 2.53. The van der Waals surface area contributed by atoms with Gasteiger partial charge in [-0.05, 0) is 30.7 Å². The van der Waals surface area contributed by atoms with E-state index in [1.54, 1.807) is 0 Å². The summed E-state index contributed by atoms with van der Waals surface area (Å²) >= 11 is 0. The quantitative estimate of drug-likeness (QED) is 0.829. The van der Waals surface area contributed by atoms with Gasteiger partial charge in [0.05, 0.1) is 6.61 Å². The van der Waals surface area contributed by atoms with Gasteiger partial charge in [0, 0.05) is 17.9 Å². The van der Waals surface area contributed by atoms with Gasteiger partial charge in [0.1, 0.15) is 0 Å². The highest BCUT2D eigenvalue weighted by molar-refractivity contribution is 5.82. The van der Waals surface area contributed by atoms with Crippen molar-refractivity contribution in [1.82, 2.24) is 5.32 Å². The monoisotopic (exact) mass is 245 g/mol.